The van der Waals surface area contributed by atoms with Crippen LogP contribution in [0.15, 0.2) is 41.1 Å². The lowest BCUT2D eigenvalue weighted by Crippen LogP contribution is -2.45. The van der Waals surface area contributed by atoms with Crippen LogP contribution < -0.4 is 10.2 Å². The molecule has 1 saturated heterocycles. The van der Waals surface area contributed by atoms with Crippen LogP contribution in [0.5, 0.6) is 0 Å². The minimum Gasteiger partial charge on any atom is -0.467 e. The summed E-state index contributed by atoms with van der Waals surface area (Å²) in [5.41, 5.74) is 0.537. The molecule has 23 heavy (non-hydrogen) atoms. The second-order valence-electron chi connectivity index (χ2n) is 5.83. The van der Waals surface area contributed by atoms with E-state index < -0.39 is 0 Å². The first kappa shape index (κ1) is 15.6. The molecule has 2 atom stereocenters. The van der Waals surface area contributed by atoms with Gasteiger partial charge in [-0.1, -0.05) is 0 Å². The SMILES string of the molecule is C[C@H]1CN(c2ccc(C(=O)NCc3ccco3)cn2)C[C@H](C)O1. The lowest BCUT2D eigenvalue weighted by atomic mass is 10.2. The van der Waals surface area contributed by atoms with Gasteiger partial charge >= 0.3 is 0 Å². The van der Waals surface area contributed by atoms with Gasteiger partial charge in [-0.2, -0.15) is 0 Å². The molecule has 122 valence electrons. The van der Waals surface area contributed by atoms with E-state index in [0.29, 0.717) is 12.1 Å². The number of carbonyl (C=O) groups is 1. The molecule has 0 radical (unpaired) electrons. The molecular weight excluding hydrogens is 294 g/mol. The van der Waals surface area contributed by atoms with Crippen molar-refractivity contribution in [1.29, 1.82) is 0 Å². The van der Waals surface area contributed by atoms with Gasteiger partial charge in [0.15, 0.2) is 0 Å². The Bertz CT molecular complexity index is 630. The Morgan fingerprint density at radius 2 is 2.09 bits per heavy atom. The van der Waals surface area contributed by atoms with E-state index >= 15 is 0 Å². The first-order valence-electron chi connectivity index (χ1n) is 7.79. The van der Waals surface area contributed by atoms with Gasteiger partial charge in [0.05, 0.1) is 30.6 Å². The molecule has 3 heterocycles. The maximum absolute atomic E-state index is 12.1. The molecule has 1 aliphatic rings. The number of furan rings is 1. The largest absolute Gasteiger partial charge is 0.467 e. The first-order valence-corrected chi connectivity index (χ1v) is 7.79. The molecule has 1 aliphatic heterocycles. The predicted molar refractivity (Wildman–Crippen MR) is 86.3 cm³/mol. The van der Waals surface area contributed by atoms with Gasteiger partial charge in [0.25, 0.3) is 5.91 Å². The average Bonchev–Trinajstić information content (AvgIpc) is 3.05. The number of aromatic nitrogens is 1. The van der Waals surface area contributed by atoms with Gasteiger partial charge < -0.3 is 19.4 Å². The molecule has 2 aromatic heterocycles. The smallest absolute Gasteiger partial charge is 0.253 e. The fraction of sp³-hybridized carbons (Fsp3) is 0.412. The Balaban J connectivity index is 1.61. The first-order chi connectivity index (χ1) is 11.1. The Morgan fingerprint density at radius 3 is 2.70 bits per heavy atom. The summed E-state index contributed by atoms with van der Waals surface area (Å²) in [4.78, 5) is 18.7. The second-order valence-corrected chi connectivity index (χ2v) is 5.83. The minimum atomic E-state index is -0.163. The number of hydrogen-bond donors (Lipinski definition) is 1. The van der Waals surface area contributed by atoms with Crippen molar-refractivity contribution in [2.45, 2.75) is 32.6 Å². The van der Waals surface area contributed by atoms with E-state index in [2.05, 4.69) is 29.0 Å². The van der Waals surface area contributed by atoms with Crippen LogP contribution in [0.1, 0.15) is 30.0 Å². The summed E-state index contributed by atoms with van der Waals surface area (Å²) in [6, 6.07) is 7.29. The normalized spacial score (nSPS) is 21.2. The Labute approximate surface area is 135 Å². The number of hydrogen-bond acceptors (Lipinski definition) is 5. The van der Waals surface area contributed by atoms with Crippen LogP contribution in [0, 0.1) is 0 Å². The average molecular weight is 315 g/mol. The third-order valence-electron chi connectivity index (χ3n) is 3.76. The number of ether oxygens (including phenoxy) is 1. The zero-order valence-corrected chi connectivity index (χ0v) is 13.4. The van der Waals surface area contributed by atoms with Crippen molar-refractivity contribution in [3.05, 3.63) is 48.0 Å². The molecule has 3 rings (SSSR count). The van der Waals surface area contributed by atoms with Crippen molar-refractivity contribution in [3.63, 3.8) is 0 Å². The highest BCUT2D eigenvalue weighted by atomic mass is 16.5. The molecule has 6 heteroatoms. The number of rotatable bonds is 4. The van der Waals surface area contributed by atoms with Crippen molar-refractivity contribution in [2.75, 3.05) is 18.0 Å². The number of amides is 1. The third-order valence-corrected chi connectivity index (χ3v) is 3.76. The molecule has 1 fully saturated rings. The highest BCUT2D eigenvalue weighted by Gasteiger charge is 2.23. The summed E-state index contributed by atoms with van der Waals surface area (Å²) in [6.45, 7) is 6.09. The Morgan fingerprint density at radius 1 is 1.30 bits per heavy atom. The topological polar surface area (TPSA) is 67.6 Å². The molecule has 1 amide bonds. The maximum atomic E-state index is 12.1. The number of nitrogens with one attached hydrogen (secondary N) is 1. The van der Waals surface area contributed by atoms with Crippen LogP contribution >= 0.6 is 0 Å². The zero-order valence-electron chi connectivity index (χ0n) is 13.4. The summed E-state index contributed by atoms with van der Waals surface area (Å²) in [6.07, 6.45) is 3.55. The van der Waals surface area contributed by atoms with Crippen LogP contribution in [-0.2, 0) is 11.3 Å². The molecule has 0 unspecified atom stereocenters. The van der Waals surface area contributed by atoms with Crippen LogP contribution in [0.3, 0.4) is 0 Å². The molecule has 0 spiro atoms. The van der Waals surface area contributed by atoms with Crippen LogP contribution in [-0.4, -0.2) is 36.2 Å². The highest BCUT2D eigenvalue weighted by molar-refractivity contribution is 5.93. The van der Waals surface area contributed by atoms with Crippen LogP contribution in [0.25, 0.3) is 0 Å². The molecule has 6 nitrogen and oxygen atoms in total. The maximum Gasteiger partial charge on any atom is 0.253 e. The fourth-order valence-corrected chi connectivity index (χ4v) is 2.76. The lowest BCUT2D eigenvalue weighted by molar-refractivity contribution is -0.00546. The minimum absolute atomic E-state index is 0.163. The molecule has 1 N–H and O–H groups in total. The second kappa shape index (κ2) is 6.83. The molecular formula is C17H21N3O3. The summed E-state index contributed by atoms with van der Waals surface area (Å²) < 4.78 is 10.9. The fourth-order valence-electron chi connectivity index (χ4n) is 2.76. The van der Waals surface area contributed by atoms with Gasteiger partial charge in [-0.25, -0.2) is 4.98 Å². The van der Waals surface area contributed by atoms with Gasteiger partial charge in [-0.15, -0.1) is 0 Å². The van der Waals surface area contributed by atoms with Crippen molar-refractivity contribution >= 4 is 11.7 Å². The van der Waals surface area contributed by atoms with Crippen molar-refractivity contribution in [3.8, 4) is 0 Å². The van der Waals surface area contributed by atoms with E-state index in [1.54, 1.807) is 24.6 Å². The standard InChI is InChI=1S/C17H21N3O3/c1-12-10-20(11-13(2)23-12)16-6-5-14(8-18-16)17(21)19-9-15-4-3-7-22-15/h3-8,12-13H,9-11H2,1-2H3,(H,19,21)/t12-,13-/m0/s1. The molecule has 0 saturated carbocycles. The summed E-state index contributed by atoms with van der Waals surface area (Å²) in [5.74, 6) is 1.43. The van der Waals surface area contributed by atoms with Crippen molar-refractivity contribution in [1.82, 2.24) is 10.3 Å². The van der Waals surface area contributed by atoms with Gasteiger partial charge in [0.2, 0.25) is 0 Å². The van der Waals surface area contributed by atoms with Crippen LogP contribution in [0.2, 0.25) is 0 Å². The quantitative estimate of drug-likeness (QED) is 0.937. The van der Waals surface area contributed by atoms with Crippen molar-refractivity contribution < 1.29 is 13.9 Å². The molecule has 0 aromatic carbocycles. The lowest BCUT2D eigenvalue weighted by Gasteiger charge is -2.36. The third kappa shape index (κ3) is 3.90. The van der Waals surface area contributed by atoms with E-state index in [9.17, 15) is 4.79 Å². The number of carbonyl (C=O) groups excluding carboxylic acids is 1. The number of pyridine rings is 1. The van der Waals surface area contributed by atoms with Gasteiger partial charge in [0, 0.05) is 19.3 Å². The van der Waals surface area contributed by atoms with E-state index in [1.807, 2.05) is 12.1 Å². The monoisotopic (exact) mass is 315 g/mol. The number of anilines is 1. The van der Waals surface area contributed by atoms with E-state index in [4.69, 9.17) is 9.15 Å². The predicted octanol–water partition coefficient (Wildman–Crippen LogP) is 2.22. The summed E-state index contributed by atoms with van der Waals surface area (Å²) in [5, 5.41) is 2.81. The molecule has 0 bridgehead atoms. The Kier molecular flexibility index (Phi) is 4.62. The summed E-state index contributed by atoms with van der Waals surface area (Å²) >= 11 is 0. The zero-order chi connectivity index (χ0) is 16.2. The van der Waals surface area contributed by atoms with Crippen molar-refractivity contribution in [2.24, 2.45) is 0 Å². The van der Waals surface area contributed by atoms with Gasteiger partial charge in [-0.3, -0.25) is 4.79 Å². The Hall–Kier alpha value is -2.34. The van der Waals surface area contributed by atoms with Gasteiger partial charge in [-0.05, 0) is 38.1 Å². The number of nitrogens with zero attached hydrogens (tertiary/aromatic N) is 2. The number of morpholine rings is 1. The van der Waals surface area contributed by atoms with Crippen LogP contribution in [0.4, 0.5) is 5.82 Å². The van der Waals surface area contributed by atoms with E-state index in [1.165, 1.54) is 0 Å². The van der Waals surface area contributed by atoms with E-state index in [-0.39, 0.29) is 18.1 Å². The van der Waals surface area contributed by atoms with Gasteiger partial charge in [0.1, 0.15) is 11.6 Å². The molecule has 0 aliphatic carbocycles. The van der Waals surface area contributed by atoms with E-state index in [0.717, 1.165) is 24.7 Å². The summed E-state index contributed by atoms with van der Waals surface area (Å²) in [7, 11) is 0. The molecule has 2 aromatic rings. The highest BCUT2D eigenvalue weighted by Crippen LogP contribution is 2.18.